The summed E-state index contributed by atoms with van der Waals surface area (Å²) < 4.78 is 9.30. The van der Waals surface area contributed by atoms with Crippen LogP contribution in [0, 0.1) is 6.92 Å². The molecule has 118 valence electrons. The smallest absolute Gasteiger partial charge is 0.140 e. The third kappa shape index (κ3) is 3.63. The molecule has 0 saturated heterocycles. The molecule has 0 atom stereocenters. The van der Waals surface area contributed by atoms with Crippen LogP contribution in [0.2, 0.25) is 5.02 Å². The first-order chi connectivity index (χ1) is 11.2. The highest BCUT2D eigenvalue weighted by atomic mass is 35.5. The van der Waals surface area contributed by atoms with Gasteiger partial charge in [-0.3, -0.25) is 0 Å². The number of rotatable bonds is 5. The molecule has 0 amide bonds. The Hall–Kier alpha value is -2.11. The lowest BCUT2D eigenvalue weighted by atomic mass is 10.2. The maximum atomic E-state index is 6.11. The zero-order chi connectivity index (χ0) is 16.2. The van der Waals surface area contributed by atoms with Crippen molar-refractivity contribution >= 4 is 33.8 Å². The van der Waals surface area contributed by atoms with Crippen molar-refractivity contribution in [3.8, 4) is 5.75 Å². The molecule has 0 saturated carbocycles. The summed E-state index contributed by atoms with van der Waals surface area (Å²) in [7, 11) is 1.66. The second kappa shape index (κ2) is 6.98. The number of aryl methyl sites for hydroxylation is 1. The third-order valence-corrected chi connectivity index (χ3v) is 4.57. The van der Waals surface area contributed by atoms with E-state index in [0.29, 0.717) is 6.54 Å². The predicted molar refractivity (Wildman–Crippen MR) is 94.9 cm³/mol. The molecule has 0 aliphatic rings. The van der Waals surface area contributed by atoms with E-state index in [1.54, 1.807) is 7.11 Å². The topological polar surface area (TPSA) is 38.2 Å². The van der Waals surface area contributed by atoms with Gasteiger partial charge in [0.15, 0.2) is 0 Å². The molecule has 4 nitrogen and oxygen atoms in total. The van der Waals surface area contributed by atoms with E-state index >= 15 is 0 Å². The van der Waals surface area contributed by atoms with Gasteiger partial charge in [0, 0.05) is 28.8 Å². The lowest BCUT2D eigenvalue weighted by Crippen LogP contribution is -2.16. The number of hydrogen-bond donors (Lipinski definition) is 0. The van der Waals surface area contributed by atoms with Crippen molar-refractivity contribution in [1.82, 2.24) is 9.59 Å². The third-order valence-electron chi connectivity index (χ3n) is 3.49. The fourth-order valence-electron chi connectivity index (χ4n) is 2.33. The highest BCUT2D eigenvalue weighted by molar-refractivity contribution is 7.10. The van der Waals surface area contributed by atoms with Crippen molar-refractivity contribution in [3.63, 3.8) is 0 Å². The average molecular weight is 346 g/mol. The molecule has 1 heterocycles. The van der Waals surface area contributed by atoms with Crippen LogP contribution in [0.15, 0.2) is 48.5 Å². The molecular formula is C17H16ClN3OS. The van der Waals surface area contributed by atoms with Crippen molar-refractivity contribution in [1.29, 1.82) is 0 Å². The van der Waals surface area contributed by atoms with Crippen LogP contribution in [-0.4, -0.2) is 16.7 Å². The molecule has 2 aromatic carbocycles. The molecule has 0 unspecified atom stereocenters. The van der Waals surface area contributed by atoms with Gasteiger partial charge in [0.25, 0.3) is 0 Å². The standard InChI is InChI=1S/C17H16ClN3OS/c1-12-17(23-20-19-12)21(11-13-4-3-5-14(18)10-13)15-6-8-16(22-2)9-7-15/h3-10H,11H2,1-2H3. The molecule has 0 bridgehead atoms. The molecule has 0 fully saturated rings. The molecule has 23 heavy (non-hydrogen) atoms. The SMILES string of the molecule is COc1ccc(N(Cc2cccc(Cl)c2)c2snnc2C)cc1. The van der Waals surface area contributed by atoms with E-state index in [1.807, 2.05) is 49.4 Å². The van der Waals surface area contributed by atoms with Gasteiger partial charge in [-0.25, -0.2) is 0 Å². The largest absolute Gasteiger partial charge is 0.497 e. The Balaban J connectivity index is 1.98. The number of benzene rings is 2. The monoisotopic (exact) mass is 345 g/mol. The van der Waals surface area contributed by atoms with Gasteiger partial charge in [-0.1, -0.05) is 28.2 Å². The maximum absolute atomic E-state index is 6.11. The first-order valence-electron chi connectivity index (χ1n) is 7.12. The molecule has 0 aliphatic carbocycles. The molecule has 0 radical (unpaired) electrons. The first-order valence-corrected chi connectivity index (χ1v) is 8.27. The highest BCUT2D eigenvalue weighted by Crippen LogP contribution is 2.33. The number of nitrogens with zero attached hydrogens (tertiary/aromatic N) is 3. The predicted octanol–water partition coefficient (Wildman–Crippen LogP) is 4.85. The fraction of sp³-hybridized carbons (Fsp3) is 0.176. The van der Waals surface area contributed by atoms with Gasteiger partial charge in [0.05, 0.1) is 12.8 Å². The van der Waals surface area contributed by atoms with Gasteiger partial charge >= 0.3 is 0 Å². The Morgan fingerprint density at radius 1 is 1.17 bits per heavy atom. The molecule has 3 rings (SSSR count). The molecular weight excluding hydrogens is 330 g/mol. The molecule has 0 N–H and O–H groups in total. The zero-order valence-corrected chi connectivity index (χ0v) is 14.4. The minimum absolute atomic E-state index is 0.692. The number of anilines is 2. The van der Waals surface area contributed by atoms with E-state index in [0.717, 1.165) is 32.7 Å². The molecule has 0 aliphatic heterocycles. The maximum Gasteiger partial charge on any atom is 0.140 e. The van der Waals surface area contributed by atoms with Crippen LogP contribution in [0.1, 0.15) is 11.3 Å². The normalized spacial score (nSPS) is 10.6. The Morgan fingerprint density at radius 3 is 2.57 bits per heavy atom. The second-order valence-electron chi connectivity index (χ2n) is 5.08. The van der Waals surface area contributed by atoms with Gasteiger partial charge in [-0.05, 0) is 48.9 Å². The summed E-state index contributed by atoms with van der Waals surface area (Å²) in [6.07, 6.45) is 0. The minimum atomic E-state index is 0.692. The zero-order valence-electron chi connectivity index (χ0n) is 12.9. The lowest BCUT2D eigenvalue weighted by molar-refractivity contribution is 0.415. The first kappa shape index (κ1) is 15.8. The summed E-state index contributed by atoms with van der Waals surface area (Å²) in [4.78, 5) is 2.19. The van der Waals surface area contributed by atoms with E-state index in [-0.39, 0.29) is 0 Å². The van der Waals surface area contributed by atoms with Crippen molar-refractivity contribution in [3.05, 3.63) is 64.8 Å². The van der Waals surface area contributed by atoms with E-state index in [2.05, 4.69) is 20.6 Å². The fourth-order valence-corrected chi connectivity index (χ4v) is 3.23. The summed E-state index contributed by atoms with van der Waals surface area (Å²) >= 11 is 7.50. The van der Waals surface area contributed by atoms with Crippen LogP contribution in [0.5, 0.6) is 5.75 Å². The summed E-state index contributed by atoms with van der Waals surface area (Å²) in [5.74, 6) is 0.829. The molecule has 0 spiro atoms. The Kier molecular flexibility index (Phi) is 4.79. The van der Waals surface area contributed by atoms with Crippen LogP contribution < -0.4 is 9.64 Å². The number of aromatic nitrogens is 2. The minimum Gasteiger partial charge on any atom is -0.497 e. The molecule has 6 heteroatoms. The van der Waals surface area contributed by atoms with Crippen LogP contribution in [0.3, 0.4) is 0 Å². The number of hydrogen-bond acceptors (Lipinski definition) is 5. The summed E-state index contributed by atoms with van der Waals surface area (Å²) in [5.41, 5.74) is 3.09. The molecule has 1 aromatic heterocycles. The highest BCUT2D eigenvalue weighted by Gasteiger charge is 2.16. The Morgan fingerprint density at radius 2 is 1.96 bits per heavy atom. The van der Waals surface area contributed by atoms with Crippen molar-refractivity contribution in [2.24, 2.45) is 0 Å². The van der Waals surface area contributed by atoms with Crippen molar-refractivity contribution in [2.75, 3.05) is 12.0 Å². The van der Waals surface area contributed by atoms with Crippen LogP contribution in [0.4, 0.5) is 10.7 Å². The number of ether oxygens (including phenoxy) is 1. The molecule has 3 aromatic rings. The Labute approximate surface area is 144 Å². The average Bonchev–Trinajstić information content (AvgIpc) is 2.99. The van der Waals surface area contributed by atoms with E-state index in [1.165, 1.54) is 11.5 Å². The summed E-state index contributed by atoms with van der Waals surface area (Å²) in [6, 6.07) is 15.8. The number of methoxy groups -OCH3 is 1. The van der Waals surface area contributed by atoms with Gasteiger partial charge in [0.1, 0.15) is 10.8 Å². The number of halogens is 1. The van der Waals surface area contributed by atoms with Gasteiger partial charge in [0.2, 0.25) is 0 Å². The Bertz CT molecular complexity index is 789. The van der Waals surface area contributed by atoms with Crippen molar-refractivity contribution in [2.45, 2.75) is 13.5 Å². The van der Waals surface area contributed by atoms with E-state index < -0.39 is 0 Å². The van der Waals surface area contributed by atoms with Gasteiger partial charge in [-0.15, -0.1) is 5.10 Å². The van der Waals surface area contributed by atoms with Crippen LogP contribution in [-0.2, 0) is 6.54 Å². The summed E-state index contributed by atoms with van der Waals surface area (Å²) in [5, 5.41) is 5.89. The van der Waals surface area contributed by atoms with Gasteiger partial charge in [-0.2, -0.15) is 0 Å². The van der Waals surface area contributed by atoms with Crippen LogP contribution >= 0.6 is 23.1 Å². The van der Waals surface area contributed by atoms with Crippen LogP contribution in [0.25, 0.3) is 0 Å². The second-order valence-corrected chi connectivity index (χ2v) is 6.25. The van der Waals surface area contributed by atoms with Crippen molar-refractivity contribution < 1.29 is 4.74 Å². The summed E-state index contributed by atoms with van der Waals surface area (Å²) in [6.45, 7) is 2.66. The lowest BCUT2D eigenvalue weighted by Gasteiger charge is -2.23. The quantitative estimate of drug-likeness (QED) is 0.662. The van der Waals surface area contributed by atoms with Gasteiger partial charge < -0.3 is 9.64 Å². The van der Waals surface area contributed by atoms with E-state index in [4.69, 9.17) is 16.3 Å². The van der Waals surface area contributed by atoms with E-state index in [9.17, 15) is 0 Å².